The monoisotopic (exact) mass is 401 g/mol. The number of carbonyl (C=O) groups excluding carboxylic acids is 2. The Hall–Kier alpha value is -3.74. The van der Waals surface area contributed by atoms with Crippen molar-refractivity contribution in [2.24, 2.45) is 0 Å². The van der Waals surface area contributed by atoms with Crippen LogP contribution in [0.1, 0.15) is 21.6 Å². The molecule has 0 aliphatic carbocycles. The Morgan fingerprint density at radius 2 is 2.00 bits per heavy atom. The molecule has 1 aromatic carbocycles. The minimum absolute atomic E-state index is 0.0226. The topological polar surface area (TPSA) is 87.2 Å². The van der Waals surface area contributed by atoms with Crippen LogP contribution in [-0.4, -0.2) is 41.4 Å². The SMILES string of the molecule is Cc1ccc(NC(=O)c2ccc(N3CCNC(=O)C3)nc2C)cc1-c1ccccn1. The minimum Gasteiger partial charge on any atom is -0.353 e. The van der Waals surface area contributed by atoms with Crippen LogP contribution < -0.4 is 15.5 Å². The zero-order valence-electron chi connectivity index (χ0n) is 17.0. The van der Waals surface area contributed by atoms with Crippen LogP contribution in [0.3, 0.4) is 0 Å². The first-order chi connectivity index (χ1) is 14.5. The van der Waals surface area contributed by atoms with Crippen molar-refractivity contribution in [3.8, 4) is 11.3 Å². The number of amides is 2. The van der Waals surface area contributed by atoms with Gasteiger partial charge in [0.15, 0.2) is 0 Å². The molecule has 2 aromatic heterocycles. The molecule has 1 aliphatic heterocycles. The quantitative estimate of drug-likeness (QED) is 0.702. The number of nitrogens with one attached hydrogen (secondary N) is 2. The molecule has 2 amide bonds. The summed E-state index contributed by atoms with van der Waals surface area (Å²) in [4.78, 5) is 35.3. The Labute approximate surface area is 175 Å². The number of pyridine rings is 2. The summed E-state index contributed by atoms with van der Waals surface area (Å²) in [5.41, 5.74) is 4.73. The van der Waals surface area contributed by atoms with Gasteiger partial charge in [-0.15, -0.1) is 0 Å². The van der Waals surface area contributed by atoms with Crippen molar-refractivity contribution in [1.82, 2.24) is 15.3 Å². The van der Waals surface area contributed by atoms with E-state index in [4.69, 9.17) is 0 Å². The third-order valence-electron chi connectivity index (χ3n) is 5.11. The van der Waals surface area contributed by atoms with Gasteiger partial charge in [-0.25, -0.2) is 4.98 Å². The summed E-state index contributed by atoms with van der Waals surface area (Å²) in [5, 5.41) is 5.75. The molecule has 3 heterocycles. The number of benzene rings is 1. The maximum atomic E-state index is 12.9. The summed E-state index contributed by atoms with van der Waals surface area (Å²) in [6, 6.07) is 15.1. The number of hydrogen-bond donors (Lipinski definition) is 2. The van der Waals surface area contributed by atoms with Crippen molar-refractivity contribution >= 4 is 23.3 Å². The molecule has 0 radical (unpaired) electrons. The summed E-state index contributed by atoms with van der Waals surface area (Å²) in [6.45, 7) is 5.38. The summed E-state index contributed by atoms with van der Waals surface area (Å²) in [7, 11) is 0. The summed E-state index contributed by atoms with van der Waals surface area (Å²) in [6.07, 6.45) is 1.75. The van der Waals surface area contributed by atoms with Gasteiger partial charge in [-0.1, -0.05) is 12.1 Å². The summed E-state index contributed by atoms with van der Waals surface area (Å²) >= 11 is 0. The summed E-state index contributed by atoms with van der Waals surface area (Å²) in [5.74, 6) is 0.455. The largest absolute Gasteiger partial charge is 0.353 e. The summed E-state index contributed by atoms with van der Waals surface area (Å²) < 4.78 is 0. The van der Waals surface area contributed by atoms with Gasteiger partial charge in [-0.2, -0.15) is 0 Å². The Kier molecular flexibility index (Phi) is 5.43. The molecule has 7 nitrogen and oxygen atoms in total. The first-order valence-electron chi connectivity index (χ1n) is 9.84. The van der Waals surface area contributed by atoms with E-state index in [0.29, 0.717) is 35.9 Å². The molecule has 0 unspecified atom stereocenters. The molecule has 0 spiro atoms. The predicted molar refractivity (Wildman–Crippen MR) is 117 cm³/mol. The van der Waals surface area contributed by atoms with E-state index in [1.54, 1.807) is 25.3 Å². The van der Waals surface area contributed by atoms with Crippen LogP contribution in [-0.2, 0) is 4.79 Å². The Balaban J connectivity index is 1.53. The van der Waals surface area contributed by atoms with Gasteiger partial charge in [0.2, 0.25) is 5.91 Å². The highest BCUT2D eigenvalue weighted by Gasteiger charge is 2.19. The molecule has 2 N–H and O–H groups in total. The Morgan fingerprint density at radius 1 is 1.13 bits per heavy atom. The van der Waals surface area contributed by atoms with E-state index in [0.717, 1.165) is 16.8 Å². The van der Waals surface area contributed by atoms with Gasteiger partial charge < -0.3 is 15.5 Å². The molecule has 1 fully saturated rings. The molecule has 1 aliphatic rings. The maximum Gasteiger partial charge on any atom is 0.257 e. The fourth-order valence-electron chi connectivity index (χ4n) is 3.49. The third kappa shape index (κ3) is 4.15. The molecule has 152 valence electrons. The molecule has 1 saturated heterocycles. The van der Waals surface area contributed by atoms with E-state index >= 15 is 0 Å². The molecule has 0 bridgehead atoms. The fourth-order valence-corrected chi connectivity index (χ4v) is 3.49. The number of rotatable bonds is 4. The second kappa shape index (κ2) is 8.32. The van der Waals surface area contributed by atoms with E-state index in [1.165, 1.54) is 0 Å². The number of aryl methyl sites for hydroxylation is 2. The van der Waals surface area contributed by atoms with E-state index < -0.39 is 0 Å². The average Bonchev–Trinajstić information content (AvgIpc) is 2.75. The molecular formula is C23H23N5O2. The first kappa shape index (κ1) is 19.6. The van der Waals surface area contributed by atoms with Gasteiger partial charge in [0.25, 0.3) is 5.91 Å². The zero-order valence-corrected chi connectivity index (χ0v) is 17.0. The second-order valence-corrected chi connectivity index (χ2v) is 7.27. The standard InChI is InChI=1S/C23H23N5O2/c1-15-6-7-17(13-19(15)20-5-3-4-10-24-20)27-23(30)18-8-9-21(26-16(18)2)28-12-11-25-22(29)14-28/h3-10,13H,11-12,14H2,1-2H3,(H,25,29)(H,27,30). The van der Waals surface area contributed by atoms with Crippen LogP contribution in [0.25, 0.3) is 11.3 Å². The lowest BCUT2D eigenvalue weighted by Gasteiger charge is -2.28. The van der Waals surface area contributed by atoms with Gasteiger partial charge >= 0.3 is 0 Å². The van der Waals surface area contributed by atoms with Gasteiger partial charge in [0.05, 0.1) is 23.5 Å². The smallest absolute Gasteiger partial charge is 0.257 e. The van der Waals surface area contributed by atoms with Crippen molar-refractivity contribution in [1.29, 1.82) is 0 Å². The van der Waals surface area contributed by atoms with Crippen LogP contribution in [0.5, 0.6) is 0 Å². The fraction of sp³-hybridized carbons (Fsp3) is 0.217. The second-order valence-electron chi connectivity index (χ2n) is 7.27. The van der Waals surface area contributed by atoms with Gasteiger partial charge in [0.1, 0.15) is 5.82 Å². The maximum absolute atomic E-state index is 12.9. The number of aromatic nitrogens is 2. The number of anilines is 2. The van der Waals surface area contributed by atoms with E-state index in [9.17, 15) is 9.59 Å². The Bertz CT molecular complexity index is 1100. The normalized spacial score (nSPS) is 13.7. The van der Waals surface area contributed by atoms with E-state index in [-0.39, 0.29) is 18.4 Å². The van der Waals surface area contributed by atoms with Crippen molar-refractivity contribution in [3.05, 3.63) is 71.5 Å². The number of nitrogens with zero attached hydrogens (tertiary/aromatic N) is 3. The molecule has 7 heteroatoms. The lowest BCUT2D eigenvalue weighted by atomic mass is 10.0. The first-order valence-corrected chi connectivity index (χ1v) is 9.84. The van der Waals surface area contributed by atoms with Gasteiger partial charge in [-0.05, 0) is 55.8 Å². The average molecular weight is 401 g/mol. The van der Waals surface area contributed by atoms with Crippen molar-refractivity contribution in [2.75, 3.05) is 29.9 Å². The van der Waals surface area contributed by atoms with E-state index in [2.05, 4.69) is 20.6 Å². The highest BCUT2D eigenvalue weighted by molar-refractivity contribution is 6.05. The van der Waals surface area contributed by atoms with Crippen LogP contribution in [0.2, 0.25) is 0 Å². The third-order valence-corrected chi connectivity index (χ3v) is 5.11. The van der Waals surface area contributed by atoms with Gasteiger partial charge in [0, 0.05) is 30.5 Å². The molecule has 4 rings (SSSR count). The molecule has 30 heavy (non-hydrogen) atoms. The lowest BCUT2D eigenvalue weighted by Crippen LogP contribution is -2.48. The van der Waals surface area contributed by atoms with Crippen molar-refractivity contribution < 1.29 is 9.59 Å². The van der Waals surface area contributed by atoms with Crippen LogP contribution in [0, 0.1) is 13.8 Å². The molecule has 0 atom stereocenters. The predicted octanol–water partition coefficient (Wildman–Crippen LogP) is 2.95. The van der Waals surface area contributed by atoms with Crippen molar-refractivity contribution in [2.45, 2.75) is 13.8 Å². The minimum atomic E-state index is -0.223. The molecule has 0 saturated carbocycles. The van der Waals surface area contributed by atoms with Crippen LogP contribution >= 0.6 is 0 Å². The number of hydrogen-bond acceptors (Lipinski definition) is 5. The zero-order chi connectivity index (χ0) is 21.1. The Morgan fingerprint density at radius 3 is 2.73 bits per heavy atom. The van der Waals surface area contributed by atoms with Gasteiger partial charge in [-0.3, -0.25) is 14.6 Å². The lowest BCUT2D eigenvalue weighted by molar-refractivity contribution is -0.120. The van der Waals surface area contributed by atoms with Crippen LogP contribution in [0.15, 0.2) is 54.7 Å². The van der Waals surface area contributed by atoms with Crippen molar-refractivity contribution in [3.63, 3.8) is 0 Å². The number of piperazine rings is 1. The van der Waals surface area contributed by atoms with Crippen LogP contribution in [0.4, 0.5) is 11.5 Å². The highest BCUT2D eigenvalue weighted by Crippen LogP contribution is 2.25. The number of carbonyl (C=O) groups is 2. The molecule has 3 aromatic rings. The molecular weight excluding hydrogens is 378 g/mol. The highest BCUT2D eigenvalue weighted by atomic mass is 16.2. The van der Waals surface area contributed by atoms with E-state index in [1.807, 2.05) is 48.2 Å².